The number of ether oxygens (including phenoxy) is 2. The summed E-state index contributed by atoms with van der Waals surface area (Å²) >= 11 is 0. The Bertz CT molecular complexity index is 1060. The lowest BCUT2D eigenvalue weighted by Gasteiger charge is -2.40. The summed E-state index contributed by atoms with van der Waals surface area (Å²) in [5.41, 5.74) is 0. The van der Waals surface area contributed by atoms with E-state index in [2.05, 4.69) is 31.3 Å². The fourth-order valence-corrected chi connectivity index (χ4v) is 8.86. The van der Waals surface area contributed by atoms with Gasteiger partial charge in [0.2, 0.25) is 5.91 Å². The number of nitrogens with one attached hydrogen (secondary N) is 1. The molecule has 7 unspecified atom stereocenters. The molecule has 378 valence electrons. The van der Waals surface area contributed by atoms with Crippen molar-refractivity contribution in [3.63, 3.8) is 0 Å². The second-order valence-corrected chi connectivity index (χ2v) is 19.4. The highest BCUT2D eigenvalue weighted by Crippen LogP contribution is 2.23. The fourth-order valence-electron chi connectivity index (χ4n) is 8.86. The van der Waals surface area contributed by atoms with Crippen molar-refractivity contribution in [1.82, 2.24) is 5.32 Å². The van der Waals surface area contributed by atoms with E-state index in [0.717, 1.165) is 57.8 Å². The third kappa shape index (κ3) is 34.9. The van der Waals surface area contributed by atoms with Crippen LogP contribution in [0.3, 0.4) is 0 Å². The van der Waals surface area contributed by atoms with E-state index in [9.17, 15) is 30.3 Å². The first-order valence-electron chi connectivity index (χ1n) is 27.6. The van der Waals surface area contributed by atoms with Crippen molar-refractivity contribution in [2.24, 2.45) is 0 Å². The Kier molecular flexibility index (Phi) is 43.1. The monoisotopic (exact) mass is 908 g/mol. The lowest BCUT2D eigenvalue weighted by atomic mass is 9.99. The average molecular weight is 908 g/mol. The largest absolute Gasteiger partial charge is 0.394 e. The molecule has 0 aromatic rings. The van der Waals surface area contributed by atoms with Crippen LogP contribution in [0.5, 0.6) is 0 Å². The van der Waals surface area contributed by atoms with Gasteiger partial charge in [0.15, 0.2) is 6.29 Å². The number of aliphatic hydroxyl groups excluding tert-OH is 5. The highest BCUT2D eigenvalue weighted by molar-refractivity contribution is 5.76. The maximum absolute atomic E-state index is 13.0. The van der Waals surface area contributed by atoms with Gasteiger partial charge in [0, 0.05) is 6.42 Å². The summed E-state index contributed by atoms with van der Waals surface area (Å²) in [6.45, 7) is 3.76. The second kappa shape index (κ2) is 45.5. The van der Waals surface area contributed by atoms with Gasteiger partial charge < -0.3 is 40.3 Å². The Morgan fingerprint density at radius 1 is 0.516 bits per heavy atom. The molecule has 9 nitrogen and oxygen atoms in total. The lowest BCUT2D eigenvalue weighted by molar-refractivity contribution is -0.302. The predicted molar refractivity (Wildman–Crippen MR) is 267 cm³/mol. The van der Waals surface area contributed by atoms with E-state index in [1.165, 1.54) is 186 Å². The fraction of sp³-hybridized carbons (Fsp3) is 0.909. The molecule has 1 saturated heterocycles. The van der Waals surface area contributed by atoms with E-state index in [-0.39, 0.29) is 12.5 Å². The normalized spacial score (nSPS) is 20.1. The van der Waals surface area contributed by atoms with Crippen LogP contribution < -0.4 is 5.32 Å². The van der Waals surface area contributed by atoms with Crippen molar-refractivity contribution >= 4 is 5.91 Å². The van der Waals surface area contributed by atoms with Gasteiger partial charge in [-0.05, 0) is 44.9 Å². The van der Waals surface area contributed by atoms with Crippen molar-refractivity contribution < 1.29 is 39.8 Å². The summed E-state index contributed by atoms with van der Waals surface area (Å²) in [7, 11) is 0. The van der Waals surface area contributed by atoms with Crippen LogP contribution in [-0.4, -0.2) is 87.5 Å². The van der Waals surface area contributed by atoms with E-state index in [1.807, 2.05) is 6.08 Å². The van der Waals surface area contributed by atoms with Gasteiger partial charge in [-0.1, -0.05) is 237 Å². The molecule has 1 amide bonds. The number of carbonyl (C=O) groups is 1. The quantitative estimate of drug-likeness (QED) is 0.0261. The van der Waals surface area contributed by atoms with Crippen molar-refractivity contribution in [2.75, 3.05) is 13.2 Å². The highest BCUT2D eigenvalue weighted by atomic mass is 16.7. The van der Waals surface area contributed by atoms with Crippen LogP contribution in [0.15, 0.2) is 24.3 Å². The van der Waals surface area contributed by atoms with Gasteiger partial charge >= 0.3 is 0 Å². The lowest BCUT2D eigenvalue weighted by Crippen LogP contribution is -2.60. The zero-order chi connectivity index (χ0) is 46.6. The number of amides is 1. The smallest absolute Gasteiger partial charge is 0.220 e. The van der Waals surface area contributed by atoms with E-state index < -0.39 is 49.5 Å². The Morgan fingerprint density at radius 2 is 0.875 bits per heavy atom. The molecule has 0 aliphatic carbocycles. The highest BCUT2D eigenvalue weighted by Gasteiger charge is 2.44. The third-order valence-corrected chi connectivity index (χ3v) is 13.3. The van der Waals surface area contributed by atoms with E-state index in [0.29, 0.717) is 6.42 Å². The van der Waals surface area contributed by atoms with Gasteiger partial charge in [-0.25, -0.2) is 0 Å². The minimum atomic E-state index is -1.57. The molecule has 6 N–H and O–H groups in total. The first-order chi connectivity index (χ1) is 31.3. The second-order valence-electron chi connectivity index (χ2n) is 19.4. The summed E-state index contributed by atoms with van der Waals surface area (Å²) in [5.74, 6) is -0.185. The van der Waals surface area contributed by atoms with Gasteiger partial charge in [-0.15, -0.1) is 0 Å². The first-order valence-corrected chi connectivity index (χ1v) is 27.6. The standard InChI is InChI=1S/C55H105NO8/c1-3-5-7-9-11-13-15-17-18-19-20-21-22-23-24-25-26-27-28-29-30-31-32-33-34-36-38-40-42-44-49(58)48(47-63-55-54(62)53(61)52(60)50(46-57)64-55)56-51(59)45-43-41-39-37-35-16-14-12-10-8-6-4-2/h12,14,42,44,48-50,52-55,57-58,60-62H,3-11,13,15-41,43,45-47H2,1-2H3,(H,56,59)/b14-12-,44-42+. The van der Waals surface area contributed by atoms with Crippen LogP contribution in [0.2, 0.25) is 0 Å². The summed E-state index contributed by atoms with van der Waals surface area (Å²) in [6.07, 6.45) is 49.7. The van der Waals surface area contributed by atoms with Crippen LogP contribution in [0.1, 0.15) is 264 Å². The molecule has 0 bridgehead atoms. The SMILES string of the molecule is CCCCC/C=C\CCCCCCCC(=O)NC(COC1OC(CO)C(O)C(O)C1O)C(O)/C=C/CCCCCCCCCCCCCCCCCCCCCCCCCCCCC. The zero-order valence-electron chi connectivity index (χ0n) is 41.8. The number of carbonyl (C=O) groups excluding carboxylic acids is 1. The van der Waals surface area contributed by atoms with Crippen LogP contribution in [-0.2, 0) is 14.3 Å². The molecule has 1 fully saturated rings. The molecule has 0 saturated carbocycles. The Labute approximate surface area is 394 Å². The molecule has 64 heavy (non-hydrogen) atoms. The van der Waals surface area contributed by atoms with Crippen LogP contribution in [0.4, 0.5) is 0 Å². The first kappa shape index (κ1) is 60.7. The molecule has 0 aromatic heterocycles. The van der Waals surface area contributed by atoms with Gasteiger partial charge in [0.1, 0.15) is 24.4 Å². The predicted octanol–water partition coefficient (Wildman–Crippen LogP) is 13.0. The van der Waals surface area contributed by atoms with Crippen LogP contribution in [0, 0.1) is 0 Å². The van der Waals surface area contributed by atoms with Crippen molar-refractivity contribution in [3.8, 4) is 0 Å². The molecule has 0 aromatic carbocycles. The summed E-state index contributed by atoms with van der Waals surface area (Å²) in [6, 6.07) is -0.806. The maximum atomic E-state index is 13.0. The third-order valence-electron chi connectivity index (χ3n) is 13.3. The van der Waals surface area contributed by atoms with Crippen molar-refractivity contribution in [3.05, 3.63) is 24.3 Å². The van der Waals surface area contributed by atoms with Gasteiger partial charge in [0.05, 0.1) is 25.4 Å². The molecule has 1 aliphatic heterocycles. The molecule has 1 aliphatic rings. The van der Waals surface area contributed by atoms with Crippen LogP contribution in [0.25, 0.3) is 0 Å². The number of aliphatic hydroxyl groups is 5. The number of hydrogen-bond donors (Lipinski definition) is 6. The van der Waals surface area contributed by atoms with Crippen molar-refractivity contribution in [1.29, 1.82) is 0 Å². The molecule has 1 heterocycles. The Hall–Kier alpha value is -1.33. The number of allylic oxidation sites excluding steroid dienone is 3. The average Bonchev–Trinajstić information content (AvgIpc) is 3.29. The molecule has 7 atom stereocenters. The Morgan fingerprint density at radius 3 is 1.30 bits per heavy atom. The number of hydrogen-bond acceptors (Lipinski definition) is 8. The molecular weight excluding hydrogens is 803 g/mol. The number of rotatable bonds is 47. The van der Waals surface area contributed by atoms with E-state index in [4.69, 9.17) is 9.47 Å². The maximum Gasteiger partial charge on any atom is 0.220 e. The summed E-state index contributed by atoms with van der Waals surface area (Å²) in [5, 5.41) is 54.3. The number of unbranched alkanes of at least 4 members (excludes halogenated alkanes) is 35. The topological polar surface area (TPSA) is 149 Å². The summed E-state index contributed by atoms with van der Waals surface area (Å²) in [4.78, 5) is 13.0. The minimum Gasteiger partial charge on any atom is -0.394 e. The molecule has 0 radical (unpaired) electrons. The molecule has 9 heteroatoms. The van der Waals surface area contributed by atoms with Crippen molar-refractivity contribution in [2.45, 2.75) is 307 Å². The van der Waals surface area contributed by atoms with Gasteiger partial charge in [-0.3, -0.25) is 4.79 Å². The van der Waals surface area contributed by atoms with Gasteiger partial charge in [0.25, 0.3) is 0 Å². The van der Waals surface area contributed by atoms with Crippen LogP contribution >= 0.6 is 0 Å². The minimum absolute atomic E-state index is 0.185. The van der Waals surface area contributed by atoms with Gasteiger partial charge in [-0.2, -0.15) is 0 Å². The molecule has 0 spiro atoms. The zero-order valence-corrected chi connectivity index (χ0v) is 41.8. The molecule has 1 rings (SSSR count). The van der Waals surface area contributed by atoms with E-state index >= 15 is 0 Å². The van der Waals surface area contributed by atoms with E-state index in [1.54, 1.807) is 6.08 Å². The molecular formula is C55H105NO8. The Balaban J connectivity index is 2.17. The summed E-state index contributed by atoms with van der Waals surface area (Å²) < 4.78 is 11.2.